The zero-order valence-electron chi connectivity index (χ0n) is 13.4. The first kappa shape index (κ1) is 19.4. The van der Waals surface area contributed by atoms with Gasteiger partial charge >= 0.3 is 0 Å². The monoisotopic (exact) mass is 536 g/mol. The van der Waals surface area contributed by atoms with Gasteiger partial charge in [0.2, 0.25) is 0 Å². The summed E-state index contributed by atoms with van der Waals surface area (Å²) >= 11 is 6.09. The molecule has 0 nitrogen and oxygen atoms in total. The van der Waals surface area contributed by atoms with E-state index in [0.29, 0.717) is 5.88 Å². The van der Waals surface area contributed by atoms with E-state index >= 15 is 0 Å². The standard InChI is InChI=1S/C21H21ClP.Au/c22-17-10-18-23(19-11-4-1-5-12-19,20-13-6-2-7-14-20)21-15-8-3-9-16-21;/h1-9,11-16H,10,17-18H2;/q+1;. The molecule has 0 heterocycles. The summed E-state index contributed by atoms with van der Waals surface area (Å²) in [4.78, 5) is 0. The Bertz CT molecular complexity index is 620. The average Bonchev–Trinajstić information content (AvgIpc) is 2.65. The Kier molecular flexibility index (Phi) is 7.75. The molecule has 24 heavy (non-hydrogen) atoms. The second-order valence-electron chi connectivity index (χ2n) is 5.58. The van der Waals surface area contributed by atoms with E-state index in [1.165, 1.54) is 15.9 Å². The fourth-order valence-corrected chi connectivity index (χ4v) is 7.84. The molecule has 0 atom stereocenters. The SMILES string of the molecule is ClCCC[P+](c1ccccc1)(c1ccccc1)c1ccccc1.[Au]. The van der Waals surface area contributed by atoms with E-state index in [0.717, 1.165) is 12.6 Å². The minimum absolute atomic E-state index is 0. The van der Waals surface area contributed by atoms with Crippen LogP contribution in [0.25, 0.3) is 0 Å². The van der Waals surface area contributed by atoms with E-state index in [1.54, 1.807) is 0 Å². The van der Waals surface area contributed by atoms with Gasteiger partial charge in [-0.2, -0.15) is 0 Å². The van der Waals surface area contributed by atoms with E-state index in [1.807, 2.05) is 0 Å². The zero-order valence-corrected chi connectivity index (χ0v) is 17.2. The quantitative estimate of drug-likeness (QED) is 0.245. The largest absolute Gasteiger partial charge is 0.127 e. The Morgan fingerprint density at radius 2 is 0.917 bits per heavy atom. The van der Waals surface area contributed by atoms with Gasteiger partial charge < -0.3 is 0 Å². The third-order valence-electron chi connectivity index (χ3n) is 4.22. The van der Waals surface area contributed by atoms with Crippen LogP contribution in [0.4, 0.5) is 0 Å². The van der Waals surface area contributed by atoms with Gasteiger partial charge in [0.25, 0.3) is 0 Å². The van der Waals surface area contributed by atoms with E-state index in [2.05, 4.69) is 91.0 Å². The summed E-state index contributed by atoms with van der Waals surface area (Å²) in [5.41, 5.74) is 0. The van der Waals surface area contributed by atoms with Gasteiger partial charge in [-0.1, -0.05) is 54.6 Å². The second-order valence-corrected chi connectivity index (χ2v) is 9.58. The second kappa shape index (κ2) is 9.56. The van der Waals surface area contributed by atoms with Crippen LogP contribution < -0.4 is 15.9 Å². The van der Waals surface area contributed by atoms with Gasteiger partial charge in [0.15, 0.2) is 0 Å². The van der Waals surface area contributed by atoms with Crippen LogP contribution in [0.2, 0.25) is 0 Å². The van der Waals surface area contributed by atoms with Gasteiger partial charge in [0, 0.05) is 28.3 Å². The molecular weight excluding hydrogens is 516 g/mol. The Labute approximate surface area is 166 Å². The first-order valence-electron chi connectivity index (χ1n) is 7.99. The molecular formula is C21H21AuClP+. The molecule has 0 saturated heterocycles. The van der Waals surface area contributed by atoms with Gasteiger partial charge in [-0.25, -0.2) is 0 Å². The van der Waals surface area contributed by atoms with Gasteiger partial charge in [0.1, 0.15) is 23.2 Å². The minimum atomic E-state index is -1.65. The van der Waals surface area contributed by atoms with Crippen LogP contribution in [0.5, 0.6) is 0 Å². The van der Waals surface area contributed by atoms with E-state index in [4.69, 9.17) is 11.6 Å². The van der Waals surface area contributed by atoms with Crippen molar-refractivity contribution in [2.24, 2.45) is 0 Å². The normalized spacial score (nSPS) is 10.9. The van der Waals surface area contributed by atoms with Gasteiger partial charge in [-0.05, 0) is 42.8 Å². The molecule has 0 unspecified atom stereocenters. The van der Waals surface area contributed by atoms with E-state index in [9.17, 15) is 0 Å². The molecule has 3 heteroatoms. The van der Waals surface area contributed by atoms with Crippen molar-refractivity contribution < 1.29 is 22.4 Å². The van der Waals surface area contributed by atoms with Crippen LogP contribution in [-0.4, -0.2) is 12.0 Å². The van der Waals surface area contributed by atoms with E-state index in [-0.39, 0.29) is 22.4 Å². The van der Waals surface area contributed by atoms with Gasteiger partial charge in [0.05, 0.1) is 6.16 Å². The van der Waals surface area contributed by atoms with Crippen LogP contribution in [0, 0.1) is 0 Å². The molecule has 0 aliphatic heterocycles. The number of benzene rings is 3. The van der Waals surface area contributed by atoms with Crippen molar-refractivity contribution in [2.45, 2.75) is 6.42 Å². The molecule has 0 aliphatic carbocycles. The molecule has 0 saturated carbocycles. The fraction of sp³-hybridized carbons (Fsp3) is 0.143. The predicted octanol–water partition coefficient (Wildman–Crippen LogP) is 4.61. The molecule has 0 bridgehead atoms. The molecule has 0 fully saturated rings. The van der Waals surface area contributed by atoms with Crippen molar-refractivity contribution in [3.63, 3.8) is 0 Å². The maximum absolute atomic E-state index is 6.09. The number of alkyl halides is 1. The summed E-state index contributed by atoms with van der Waals surface area (Å²) in [6, 6.07) is 32.9. The minimum Gasteiger partial charge on any atom is -0.127 e. The summed E-state index contributed by atoms with van der Waals surface area (Å²) in [5.74, 6) is 0.703. The first-order valence-corrected chi connectivity index (χ1v) is 10.5. The molecule has 0 aliphatic rings. The van der Waals surface area contributed by atoms with Gasteiger partial charge in [-0.15, -0.1) is 11.6 Å². The van der Waals surface area contributed by atoms with Crippen LogP contribution in [0.1, 0.15) is 6.42 Å². The van der Waals surface area contributed by atoms with Gasteiger partial charge in [-0.3, -0.25) is 0 Å². The molecule has 0 aromatic heterocycles. The third-order valence-corrected chi connectivity index (χ3v) is 9.01. The number of hydrogen-bond donors (Lipinski definition) is 0. The topological polar surface area (TPSA) is 0 Å². The van der Waals surface area contributed by atoms with Crippen molar-refractivity contribution in [3.05, 3.63) is 91.0 Å². The molecule has 127 valence electrons. The molecule has 0 amide bonds. The Morgan fingerprint density at radius 1 is 0.583 bits per heavy atom. The predicted molar refractivity (Wildman–Crippen MR) is 105 cm³/mol. The van der Waals surface area contributed by atoms with Crippen molar-refractivity contribution in [2.75, 3.05) is 12.0 Å². The Balaban J connectivity index is 0.00000208. The molecule has 3 aromatic rings. The summed E-state index contributed by atoms with van der Waals surface area (Å²) in [7, 11) is -1.65. The first-order chi connectivity index (χ1) is 11.4. The Hall–Kier alpha value is -0.880. The average molecular weight is 537 g/mol. The molecule has 0 spiro atoms. The van der Waals surface area contributed by atoms with Crippen molar-refractivity contribution >= 4 is 34.8 Å². The number of rotatable bonds is 6. The van der Waals surface area contributed by atoms with E-state index < -0.39 is 7.26 Å². The summed E-state index contributed by atoms with van der Waals surface area (Å²) in [6.45, 7) is 0. The summed E-state index contributed by atoms with van der Waals surface area (Å²) in [6.07, 6.45) is 2.13. The molecule has 3 rings (SSSR count). The number of hydrogen-bond acceptors (Lipinski definition) is 0. The van der Waals surface area contributed by atoms with Crippen LogP contribution in [0.3, 0.4) is 0 Å². The van der Waals surface area contributed by atoms with Crippen LogP contribution in [0.15, 0.2) is 91.0 Å². The van der Waals surface area contributed by atoms with Crippen molar-refractivity contribution in [1.29, 1.82) is 0 Å². The van der Waals surface area contributed by atoms with Crippen molar-refractivity contribution in [1.82, 2.24) is 0 Å². The number of halogens is 1. The zero-order chi connectivity index (χ0) is 16.0. The third kappa shape index (κ3) is 4.02. The van der Waals surface area contributed by atoms with Crippen molar-refractivity contribution in [3.8, 4) is 0 Å². The van der Waals surface area contributed by atoms with Crippen LogP contribution in [-0.2, 0) is 22.4 Å². The smallest absolute Gasteiger partial charge is 0.112 e. The molecule has 3 aromatic carbocycles. The maximum Gasteiger partial charge on any atom is 0.112 e. The maximum atomic E-state index is 6.09. The summed E-state index contributed by atoms with van der Waals surface area (Å²) < 4.78 is 0. The molecule has 1 radical (unpaired) electrons. The molecule has 0 N–H and O–H groups in total. The van der Waals surface area contributed by atoms with Crippen LogP contribution >= 0.6 is 18.9 Å². The fourth-order valence-electron chi connectivity index (χ4n) is 3.18. The summed E-state index contributed by atoms with van der Waals surface area (Å²) in [5, 5.41) is 4.30. The Morgan fingerprint density at radius 3 is 1.21 bits per heavy atom.